The smallest absolute Gasteiger partial charge is 0.185 e. The summed E-state index contributed by atoms with van der Waals surface area (Å²) in [6, 6.07) is 0.811. The highest BCUT2D eigenvalue weighted by atomic mass is 32.1. The Kier molecular flexibility index (Phi) is 3.82. The summed E-state index contributed by atoms with van der Waals surface area (Å²) in [7, 11) is 0. The summed E-state index contributed by atoms with van der Waals surface area (Å²) >= 11 is 1.75. The molecule has 3 nitrogen and oxygen atoms in total. The number of anilines is 1. The molecule has 4 heteroatoms. The van der Waals surface area contributed by atoms with Crippen LogP contribution in [0.1, 0.15) is 50.4 Å². The van der Waals surface area contributed by atoms with Crippen molar-refractivity contribution in [2.24, 2.45) is 5.73 Å². The Morgan fingerprint density at radius 3 is 2.75 bits per heavy atom. The van der Waals surface area contributed by atoms with Crippen LogP contribution in [0.25, 0.3) is 0 Å². The number of nitrogens with two attached hydrogens (primary N) is 1. The molecule has 0 amide bonds. The largest absolute Gasteiger partial charge is 0.345 e. The fraction of sp³-hybridized carbons (Fsp3) is 0.750. The molecule has 1 unspecified atom stereocenters. The van der Waals surface area contributed by atoms with Crippen molar-refractivity contribution in [1.29, 1.82) is 0 Å². The molecule has 0 aliphatic heterocycles. The number of aromatic nitrogens is 1. The predicted molar refractivity (Wildman–Crippen MR) is 70.0 cm³/mol. The van der Waals surface area contributed by atoms with Crippen LogP contribution in [0, 0.1) is 0 Å². The average molecular weight is 239 g/mol. The molecular weight excluding hydrogens is 218 g/mol. The minimum atomic E-state index is 0.105. The van der Waals surface area contributed by atoms with Crippen LogP contribution >= 0.6 is 11.3 Å². The molecule has 1 heterocycles. The van der Waals surface area contributed by atoms with E-state index in [9.17, 15) is 0 Å². The van der Waals surface area contributed by atoms with Gasteiger partial charge in [0, 0.05) is 29.7 Å². The minimum absolute atomic E-state index is 0.105. The fourth-order valence-electron chi connectivity index (χ4n) is 2.39. The van der Waals surface area contributed by atoms with E-state index in [0.29, 0.717) is 6.04 Å². The van der Waals surface area contributed by atoms with Crippen LogP contribution in [-0.4, -0.2) is 17.6 Å². The van der Waals surface area contributed by atoms with Gasteiger partial charge in [0.25, 0.3) is 0 Å². The fourth-order valence-corrected chi connectivity index (χ4v) is 3.39. The molecule has 0 radical (unpaired) electrons. The normalized spacial score (nSPS) is 18.9. The first-order valence-electron chi connectivity index (χ1n) is 6.20. The molecule has 1 aliphatic carbocycles. The minimum Gasteiger partial charge on any atom is -0.345 e. The standard InChI is InChI=1S/C12H21N3S/c1-3-15(10-6-4-5-7-10)12-14-8-11(16-12)9(2)13/h8-10H,3-7,13H2,1-2H3. The zero-order chi connectivity index (χ0) is 11.5. The van der Waals surface area contributed by atoms with E-state index >= 15 is 0 Å². The quantitative estimate of drug-likeness (QED) is 0.878. The van der Waals surface area contributed by atoms with E-state index in [1.807, 2.05) is 13.1 Å². The maximum atomic E-state index is 5.87. The van der Waals surface area contributed by atoms with Gasteiger partial charge in [0.1, 0.15) is 0 Å². The van der Waals surface area contributed by atoms with Gasteiger partial charge in [0.15, 0.2) is 5.13 Å². The molecule has 1 fully saturated rings. The summed E-state index contributed by atoms with van der Waals surface area (Å²) < 4.78 is 0. The summed E-state index contributed by atoms with van der Waals surface area (Å²) in [6.45, 7) is 5.28. The van der Waals surface area contributed by atoms with Crippen molar-refractivity contribution in [1.82, 2.24) is 4.98 Å². The van der Waals surface area contributed by atoms with Gasteiger partial charge in [-0.2, -0.15) is 0 Å². The van der Waals surface area contributed by atoms with E-state index < -0.39 is 0 Å². The van der Waals surface area contributed by atoms with Gasteiger partial charge in [0.05, 0.1) is 0 Å². The van der Waals surface area contributed by atoms with Crippen molar-refractivity contribution in [2.75, 3.05) is 11.4 Å². The van der Waals surface area contributed by atoms with Crippen LogP contribution in [0.5, 0.6) is 0 Å². The van der Waals surface area contributed by atoms with Gasteiger partial charge in [-0.05, 0) is 26.7 Å². The lowest BCUT2D eigenvalue weighted by Crippen LogP contribution is -2.32. The second-order valence-corrected chi connectivity index (χ2v) is 5.60. The van der Waals surface area contributed by atoms with Gasteiger partial charge in [-0.15, -0.1) is 11.3 Å². The molecule has 90 valence electrons. The molecule has 1 aliphatic rings. The van der Waals surface area contributed by atoms with E-state index in [0.717, 1.165) is 11.7 Å². The molecular formula is C12H21N3S. The van der Waals surface area contributed by atoms with Gasteiger partial charge in [-0.25, -0.2) is 4.98 Å². The molecule has 1 saturated carbocycles. The predicted octanol–water partition coefficient (Wildman–Crippen LogP) is 2.93. The third kappa shape index (κ3) is 2.38. The van der Waals surface area contributed by atoms with Crippen LogP contribution in [0.15, 0.2) is 6.20 Å². The molecule has 0 saturated heterocycles. The highest BCUT2D eigenvalue weighted by molar-refractivity contribution is 7.15. The van der Waals surface area contributed by atoms with E-state index in [2.05, 4.69) is 16.8 Å². The molecule has 0 aromatic carbocycles. The van der Waals surface area contributed by atoms with Crippen LogP contribution in [0.4, 0.5) is 5.13 Å². The first-order valence-corrected chi connectivity index (χ1v) is 7.02. The Morgan fingerprint density at radius 1 is 1.56 bits per heavy atom. The average Bonchev–Trinajstić information content (AvgIpc) is 2.88. The van der Waals surface area contributed by atoms with E-state index in [4.69, 9.17) is 5.73 Å². The maximum Gasteiger partial charge on any atom is 0.185 e. The second kappa shape index (κ2) is 5.15. The number of hydrogen-bond acceptors (Lipinski definition) is 4. The lowest BCUT2D eigenvalue weighted by atomic mass is 10.2. The molecule has 16 heavy (non-hydrogen) atoms. The number of hydrogen-bond donors (Lipinski definition) is 1. The second-order valence-electron chi connectivity index (χ2n) is 4.56. The molecule has 2 N–H and O–H groups in total. The highest BCUT2D eigenvalue weighted by Gasteiger charge is 2.23. The van der Waals surface area contributed by atoms with E-state index in [-0.39, 0.29) is 6.04 Å². The zero-order valence-electron chi connectivity index (χ0n) is 10.1. The van der Waals surface area contributed by atoms with E-state index in [1.54, 1.807) is 11.3 Å². The van der Waals surface area contributed by atoms with Crippen molar-refractivity contribution in [3.8, 4) is 0 Å². The number of nitrogens with zero attached hydrogens (tertiary/aromatic N) is 2. The van der Waals surface area contributed by atoms with Crippen LogP contribution < -0.4 is 10.6 Å². The van der Waals surface area contributed by atoms with Crippen molar-refractivity contribution in [3.05, 3.63) is 11.1 Å². The van der Waals surface area contributed by atoms with Gasteiger partial charge in [0.2, 0.25) is 0 Å². The molecule has 1 atom stereocenters. The Morgan fingerprint density at radius 2 is 2.25 bits per heavy atom. The topological polar surface area (TPSA) is 42.2 Å². The van der Waals surface area contributed by atoms with Gasteiger partial charge >= 0.3 is 0 Å². The SMILES string of the molecule is CCN(c1ncc(C(C)N)s1)C1CCCC1. The van der Waals surface area contributed by atoms with Crippen LogP contribution in [-0.2, 0) is 0 Å². The highest BCUT2D eigenvalue weighted by Crippen LogP contribution is 2.32. The molecule has 1 aromatic rings. The molecule has 0 spiro atoms. The lowest BCUT2D eigenvalue weighted by Gasteiger charge is -2.26. The van der Waals surface area contributed by atoms with Crippen LogP contribution in [0.3, 0.4) is 0 Å². The first kappa shape index (κ1) is 11.9. The Balaban J connectivity index is 2.12. The van der Waals surface area contributed by atoms with Crippen molar-refractivity contribution in [2.45, 2.75) is 51.6 Å². The number of thiazole rings is 1. The van der Waals surface area contributed by atoms with Crippen molar-refractivity contribution < 1.29 is 0 Å². The molecule has 1 aromatic heterocycles. The maximum absolute atomic E-state index is 5.87. The summed E-state index contributed by atoms with van der Waals surface area (Å²) in [6.07, 6.45) is 7.31. The van der Waals surface area contributed by atoms with Gasteiger partial charge in [-0.1, -0.05) is 12.8 Å². The van der Waals surface area contributed by atoms with Crippen molar-refractivity contribution in [3.63, 3.8) is 0 Å². The zero-order valence-corrected chi connectivity index (χ0v) is 11.0. The Hall–Kier alpha value is -0.610. The molecule has 2 rings (SSSR count). The molecule has 0 bridgehead atoms. The third-order valence-corrected chi connectivity index (χ3v) is 4.55. The summed E-state index contributed by atoms with van der Waals surface area (Å²) in [5.74, 6) is 0. The number of rotatable bonds is 4. The van der Waals surface area contributed by atoms with Crippen molar-refractivity contribution >= 4 is 16.5 Å². The van der Waals surface area contributed by atoms with E-state index in [1.165, 1.54) is 30.6 Å². The summed E-state index contributed by atoms with van der Waals surface area (Å²) in [4.78, 5) is 8.15. The Labute approximate surface area is 102 Å². The summed E-state index contributed by atoms with van der Waals surface area (Å²) in [5.41, 5.74) is 5.87. The van der Waals surface area contributed by atoms with Crippen LogP contribution in [0.2, 0.25) is 0 Å². The monoisotopic (exact) mass is 239 g/mol. The third-order valence-electron chi connectivity index (χ3n) is 3.31. The van der Waals surface area contributed by atoms with Gasteiger partial charge in [-0.3, -0.25) is 0 Å². The first-order chi connectivity index (χ1) is 7.72. The lowest BCUT2D eigenvalue weighted by molar-refractivity contribution is 0.618. The Bertz CT molecular complexity index is 329. The van der Waals surface area contributed by atoms with Gasteiger partial charge < -0.3 is 10.6 Å². The summed E-state index contributed by atoms with van der Waals surface area (Å²) in [5, 5.41) is 1.15.